The molecule has 2 aliphatic heterocycles. The Kier molecular flexibility index (Phi) is 7.92. The van der Waals surface area contributed by atoms with Gasteiger partial charge in [-0.25, -0.2) is 0 Å². The first-order chi connectivity index (χ1) is 31.2. The Hall–Kier alpha value is -7.29. The maximum absolute atomic E-state index is 2.63. The van der Waals surface area contributed by atoms with Gasteiger partial charge in [-0.2, -0.15) is 0 Å². The minimum absolute atomic E-state index is 0.00402. The van der Waals surface area contributed by atoms with Crippen molar-refractivity contribution in [2.45, 2.75) is 41.5 Å². The molecule has 0 atom stereocenters. The summed E-state index contributed by atoms with van der Waals surface area (Å²) < 4.78 is 5.26. The average Bonchev–Trinajstić information content (AvgIpc) is 3.82. The summed E-state index contributed by atoms with van der Waals surface area (Å²) in [5.74, 6) is 0. The molecule has 11 aromatic rings. The molecule has 4 heterocycles. The molecule has 0 fully saturated rings. The van der Waals surface area contributed by atoms with Crippen LogP contribution in [0.15, 0.2) is 170 Å². The summed E-state index contributed by atoms with van der Waals surface area (Å²) in [6.07, 6.45) is 0. The topological polar surface area (TPSA) is 9.86 Å². The van der Waals surface area contributed by atoms with Crippen LogP contribution in [0, 0.1) is 41.5 Å². The third kappa shape index (κ3) is 5.17. The van der Waals surface area contributed by atoms with Gasteiger partial charge in [0.2, 0.25) is 13.4 Å². The maximum Gasteiger partial charge on any atom is 0.247 e. The van der Waals surface area contributed by atoms with E-state index in [-0.39, 0.29) is 13.4 Å². The minimum Gasteiger partial charge on any atom is -0.310 e. The molecular weight excluding hydrogens is 770 g/mol. The largest absolute Gasteiger partial charge is 0.310 e. The van der Waals surface area contributed by atoms with Crippen molar-refractivity contribution in [3.63, 3.8) is 0 Å². The Morgan fingerprint density at radius 2 is 0.672 bits per heavy atom. The summed E-state index contributed by atoms with van der Waals surface area (Å²) >= 11 is 0. The number of nitrogens with zero attached hydrogens (tertiary/aromatic N) is 2. The van der Waals surface area contributed by atoms with Crippen LogP contribution in [0.2, 0.25) is 0 Å². The van der Waals surface area contributed by atoms with Crippen LogP contribution < -0.4 is 32.8 Å². The fourth-order valence-corrected chi connectivity index (χ4v) is 12.5. The van der Waals surface area contributed by atoms with Gasteiger partial charge < -0.3 is 9.13 Å². The van der Waals surface area contributed by atoms with Crippen molar-refractivity contribution in [2.75, 3.05) is 0 Å². The zero-order chi connectivity index (χ0) is 43.1. The van der Waals surface area contributed by atoms with Crippen LogP contribution in [-0.4, -0.2) is 22.6 Å². The lowest BCUT2D eigenvalue weighted by Gasteiger charge is -2.34. The SMILES string of the molecule is Cc1cc(C)c(B2c3cc4c(cc3-n3c5ccccc5c5cc(-c6ccccc6)cc2c53)B(c2c(C)cc(C)cc2C)c2cc(-c3ccccc3)cc3c5ccccc5n-4c23)c(C)c1. The van der Waals surface area contributed by atoms with Gasteiger partial charge in [0.15, 0.2) is 0 Å². The molecule has 4 heteroatoms. The van der Waals surface area contributed by atoms with Crippen LogP contribution in [0.3, 0.4) is 0 Å². The minimum atomic E-state index is 0.00402. The molecule has 0 N–H and O–H groups in total. The van der Waals surface area contributed by atoms with Gasteiger partial charge in [-0.3, -0.25) is 0 Å². The van der Waals surface area contributed by atoms with E-state index in [1.54, 1.807) is 0 Å². The van der Waals surface area contributed by atoms with E-state index in [9.17, 15) is 0 Å². The van der Waals surface area contributed by atoms with Gasteiger partial charge >= 0.3 is 0 Å². The molecule has 0 spiro atoms. The molecule has 64 heavy (non-hydrogen) atoms. The smallest absolute Gasteiger partial charge is 0.247 e. The third-order valence-electron chi connectivity index (χ3n) is 14.8. The van der Waals surface area contributed by atoms with Crippen molar-refractivity contribution in [1.29, 1.82) is 0 Å². The standard InChI is InChI=1S/C60H46B2N2/c1-35-25-37(3)57(38(4)26-35)61-49-33-56-50(34-55(49)63-53-23-15-13-21-45(53)47-29-43(31-51(61)59(47)63)41-17-9-7-10-18-41)62(58-39(5)27-36(2)28-40(58)6)52-32-44(42-19-11-8-12-20-42)30-48-46-22-14-16-24-54(46)64(56)60(48)52/h7-34H,1-6H3. The molecule has 2 nitrogen and oxygen atoms in total. The van der Waals surface area contributed by atoms with Gasteiger partial charge in [0.05, 0.1) is 11.0 Å². The lowest BCUT2D eigenvalue weighted by Crippen LogP contribution is -2.61. The fraction of sp³-hybridized carbons (Fsp3) is 0.100. The molecule has 0 aliphatic carbocycles. The monoisotopic (exact) mass is 816 g/mol. The van der Waals surface area contributed by atoms with Crippen molar-refractivity contribution >= 4 is 89.8 Å². The van der Waals surface area contributed by atoms with Gasteiger partial charge in [0, 0.05) is 44.0 Å². The number of benzene rings is 9. The van der Waals surface area contributed by atoms with Crippen LogP contribution in [-0.2, 0) is 0 Å². The number of aromatic nitrogens is 2. The number of hydrogen-bond acceptors (Lipinski definition) is 0. The molecule has 2 aromatic heterocycles. The number of aryl methyl sites for hydroxylation is 6. The average molecular weight is 817 g/mol. The summed E-state index contributed by atoms with van der Waals surface area (Å²) in [7, 11) is 0. The second kappa shape index (κ2) is 13.6. The molecule has 9 aromatic carbocycles. The summed E-state index contributed by atoms with van der Waals surface area (Å²) in [4.78, 5) is 0. The number of hydrogen-bond donors (Lipinski definition) is 0. The molecule has 2 aliphatic rings. The summed E-state index contributed by atoms with van der Waals surface area (Å²) in [6.45, 7) is 13.8. The Morgan fingerprint density at radius 3 is 1.06 bits per heavy atom. The first-order valence-electron chi connectivity index (χ1n) is 22.8. The number of fused-ring (bicyclic) bond motifs is 10. The van der Waals surface area contributed by atoms with E-state index >= 15 is 0 Å². The molecule has 0 radical (unpaired) electrons. The van der Waals surface area contributed by atoms with E-state index in [0.717, 1.165) is 0 Å². The van der Waals surface area contributed by atoms with Gasteiger partial charge in [-0.1, -0.05) is 178 Å². The van der Waals surface area contributed by atoms with E-state index in [0.29, 0.717) is 0 Å². The van der Waals surface area contributed by atoms with Crippen LogP contribution >= 0.6 is 0 Å². The van der Waals surface area contributed by atoms with Gasteiger partial charge in [0.1, 0.15) is 0 Å². The highest BCUT2D eigenvalue weighted by molar-refractivity contribution is 7.00. The summed E-state index contributed by atoms with van der Waals surface area (Å²) in [5.41, 5.74) is 28.9. The Bertz CT molecular complexity index is 3500. The number of rotatable bonds is 4. The molecule has 0 bridgehead atoms. The zero-order valence-electron chi connectivity index (χ0n) is 37.2. The second-order valence-electron chi connectivity index (χ2n) is 18.8. The first-order valence-corrected chi connectivity index (χ1v) is 22.8. The van der Waals surface area contributed by atoms with Crippen molar-refractivity contribution in [1.82, 2.24) is 9.13 Å². The quantitative estimate of drug-likeness (QED) is 0.157. The van der Waals surface area contributed by atoms with Crippen LogP contribution in [0.4, 0.5) is 0 Å². The zero-order valence-corrected chi connectivity index (χ0v) is 37.2. The van der Waals surface area contributed by atoms with Crippen LogP contribution in [0.25, 0.3) is 77.2 Å². The Labute approximate surface area is 375 Å². The molecule has 13 rings (SSSR count). The lowest BCUT2D eigenvalue weighted by molar-refractivity contribution is 1.16. The van der Waals surface area contributed by atoms with Gasteiger partial charge in [0.25, 0.3) is 0 Å². The molecule has 0 saturated carbocycles. The predicted octanol–water partition coefficient (Wildman–Crippen LogP) is 10.7. The fourth-order valence-electron chi connectivity index (χ4n) is 12.5. The van der Waals surface area contributed by atoms with Crippen molar-refractivity contribution < 1.29 is 0 Å². The van der Waals surface area contributed by atoms with E-state index < -0.39 is 0 Å². The Balaban J connectivity index is 1.23. The number of para-hydroxylation sites is 2. The van der Waals surface area contributed by atoms with Gasteiger partial charge in [-0.15, -0.1) is 0 Å². The predicted molar refractivity (Wildman–Crippen MR) is 277 cm³/mol. The van der Waals surface area contributed by atoms with E-state index in [4.69, 9.17) is 0 Å². The molecule has 0 amide bonds. The Morgan fingerprint density at radius 1 is 0.312 bits per heavy atom. The van der Waals surface area contributed by atoms with Crippen molar-refractivity contribution in [3.05, 3.63) is 203 Å². The highest BCUT2D eigenvalue weighted by atomic mass is 15.0. The molecule has 0 unspecified atom stereocenters. The molecular formula is C60H46B2N2. The highest BCUT2D eigenvalue weighted by Crippen LogP contribution is 2.40. The van der Waals surface area contributed by atoms with Crippen molar-refractivity contribution in [2.24, 2.45) is 0 Å². The normalized spacial score (nSPS) is 12.8. The van der Waals surface area contributed by atoms with E-state index in [1.807, 2.05) is 0 Å². The lowest BCUT2D eigenvalue weighted by atomic mass is 9.32. The van der Waals surface area contributed by atoms with Crippen LogP contribution in [0.1, 0.15) is 33.4 Å². The highest BCUT2D eigenvalue weighted by Gasteiger charge is 2.41. The van der Waals surface area contributed by atoms with E-state index in [2.05, 4.69) is 221 Å². The maximum atomic E-state index is 2.63. The summed E-state index contributed by atoms with van der Waals surface area (Å²) in [5, 5.41) is 5.19. The van der Waals surface area contributed by atoms with Crippen molar-refractivity contribution in [3.8, 4) is 33.6 Å². The third-order valence-corrected chi connectivity index (χ3v) is 14.8. The van der Waals surface area contributed by atoms with Crippen LogP contribution in [0.5, 0.6) is 0 Å². The molecule has 302 valence electrons. The second-order valence-corrected chi connectivity index (χ2v) is 18.8. The summed E-state index contributed by atoms with van der Waals surface area (Å²) in [6, 6.07) is 64.9. The van der Waals surface area contributed by atoms with E-state index in [1.165, 1.54) is 143 Å². The molecule has 0 saturated heterocycles. The first kappa shape index (κ1) is 37.3. The van der Waals surface area contributed by atoms with Gasteiger partial charge in [-0.05, 0) is 122 Å².